The topological polar surface area (TPSA) is 91.0 Å². The quantitative estimate of drug-likeness (QED) is 0.251. The summed E-state index contributed by atoms with van der Waals surface area (Å²) in [7, 11) is 0. The van der Waals surface area contributed by atoms with Crippen LogP contribution in [0.3, 0.4) is 0 Å². The van der Waals surface area contributed by atoms with Crippen LogP contribution in [0.4, 0.5) is 10.1 Å². The Kier molecular flexibility index (Phi) is 5.53. The van der Waals surface area contributed by atoms with E-state index in [1.807, 2.05) is 0 Å². The second kappa shape index (κ2) is 8.58. The maximum Gasteiger partial charge on any atom is 0.363 e. The highest BCUT2D eigenvalue weighted by Crippen LogP contribution is 2.22. The molecule has 0 amide bonds. The summed E-state index contributed by atoms with van der Waals surface area (Å²) in [6, 6.07) is 18.6. The highest BCUT2D eigenvalue weighted by atomic mass is 19.1. The summed E-state index contributed by atoms with van der Waals surface area (Å²) >= 11 is 0. The van der Waals surface area contributed by atoms with Crippen LogP contribution in [-0.2, 0) is 16.1 Å². The van der Waals surface area contributed by atoms with E-state index >= 15 is 0 Å². The highest BCUT2D eigenvalue weighted by molar-refractivity contribution is 6.12. The van der Waals surface area contributed by atoms with Crippen molar-refractivity contribution in [3.63, 3.8) is 0 Å². The first-order valence-corrected chi connectivity index (χ1v) is 9.23. The van der Waals surface area contributed by atoms with Crippen molar-refractivity contribution in [1.29, 1.82) is 0 Å². The number of non-ortho nitro benzene ring substituents is 1. The predicted molar refractivity (Wildman–Crippen MR) is 111 cm³/mol. The van der Waals surface area contributed by atoms with Crippen LogP contribution in [0.5, 0.6) is 5.75 Å². The van der Waals surface area contributed by atoms with Gasteiger partial charge in [0.15, 0.2) is 5.70 Å². The maximum atomic E-state index is 13.1. The molecule has 0 saturated heterocycles. The Balaban J connectivity index is 1.49. The molecule has 0 fully saturated rings. The molecule has 0 aromatic heterocycles. The molecule has 1 heterocycles. The number of benzene rings is 3. The number of esters is 1. The van der Waals surface area contributed by atoms with E-state index in [9.17, 15) is 19.3 Å². The minimum absolute atomic E-state index is 0.00542. The van der Waals surface area contributed by atoms with Gasteiger partial charge in [-0.05, 0) is 53.6 Å². The smallest absolute Gasteiger partial charge is 0.363 e. The maximum absolute atomic E-state index is 13.1. The lowest BCUT2D eigenvalue weighted by Crippen LogP contribution is -2.05. The normalized spacial score (nSPS) is 14.3. The Morgan fingerprint density at radius 1 is 1.06 bits per heavy atom. The molecule has 8 heteroatoms. The van der Waals surface area contributed by atoms with E-state index in [4.69, 9.17) is 9.47 Å². The number of cyclic esters (lactones) is 1. The molecular weight excluding hydrogens is 403 g/mol. The minimum atomic E-state index is -0.609. The van der Waals surface area contributed by atoms with Gasteiger partial charge in [0, 0.05) is 17.7 Å². The van der Waals surface area contributed by atoms with Crippen molar-refractivity contribution in [2.24, 2.45) is 4.99 Å². The lowest BCUT2D eigenvalue weighted by atomic mass is 10.2. The van der Waals surface area contributed by atoms with Crippen LogP contribution in [-0.4, -0.2) is 16.8 Å². The Morgan fingerprint density at radius 2 is 1.84 bits per heavy atom. The van der Waals surface area contributed by atoms with E-state index in [0.29, 0.717) is 22.4 Å². The average Bonchev–Trinajstić information content (AvgIpc) is 3.13. The first-order chi connectivity index (χ1) is 15.0. The van der Waals surface area contributed by atoms with Gasteiger partial charge in [-0.25, -0.2) is 14.2 Å². The number of hydrogen-bond donors (Lipinski definition) is 0. The number of ether oxygens (including phenoxy) is 2. The van der Waals surface area contributed by atoms with Crippen molar-refractivity contribution in [1.82, 2.24) is 0 Å². The molecule has 3 aromatic rings. The molecule has 31 heavy (non-hydrogen) atoms. The molecule has 1 aliphatic heterocycles. The Bertz CT molecular complexity index is 1220. The Labute approximate surface area is 176 Å². The number of nitro benzene ring substituents is 1. The van der Waals surface area contributed by atoms with Crippen LogP contribution < -0.4 is 4.74 Å². The van der Waals surface area contributed by atoms with E-state index in [-0.39, 0.29) is 23.9 Å². The standard InChI is InChI=1S/C23H15FN2O5/c24-18-9-7-17(8-10-18)22-25-21(23(27)31-22)13-15-3-2-6-20(12-15)30-14-16-4-1-5-19(11-16)26(28)29/h1-13H,14H2/b21-13+. The van der Waals surface area contributed by atoms with E-state index in [1.165, 1.54) is 36.4 Å². The fourth-order valence-electron chi connectivity index (χ4n) is 2.90. The first kappa shape index (κ1) is 20.0. The largest absolute Gasteiger partial charge is 0.489 e. The molecule has 0 radical (unpaired) electrons. The third-order valence-corrected chi connectivity index (χ3v) is 4.40. The van der Waals surface area contributed by atoms with Crippen molar-refractivity contribution in [2.45, 2.75) is 6.61 Å². The number of rotatable bonds is 6. The molecule has 3 aromatic carbocycles. The number of carbonyl (C=O) groups excluding carboxylic acids is 1. The molecule has 0 spiro atoms. The van der Waals surface area contributed by atoms with Crippen molar-refractivity contribution in [2.75, 3.05) is 0 Å². The second-order valence-electron chi connectivity index (χ2n) is 6.63. The SMILES string of the molecule is O=C1OC(c2ccc(F)cc2)=N/C1=C/c1cccc(OCc2cccc([N+](=O)[O-])c2)c1. The van der Waals surface area contributed by atoms with Gasteiger partial charge in [0.25, 0.3) is 5.69 Å². The summed E-state index contributed by atoms with van der Waals surface area (Å²) in [4.78, 5) is 26.8. The van der Waals surface area contributed by atoms with Crippen LogP contribution in [0.1, 0.15) is 16.7 Å². The van der Waals surface area contributed by atoms with Crippen molar-refractivity contribution >= 4 is 23.6 Å². The van der Waals surface area contributed by atoms with Crippen LogP contribution in [0.25, 0.3) is 6.08 Å². The zero-order chi connectivity index (χ0) is 21.8. The molecule has 7 nitrogen and oxygen atoms in total. The van der Waals surface area contributed by atoms with Gasteiger partial charge in [-0.3, -0.25) is 10.1 Å². The summed E-state index contributed by atoms with van der Waals surface area (Å²) in [5.74, 6) is -0.377. The van der Waals surface area contributed by atoms with Gasteiger partial charge in [0.1, 0.15) is 18.2 Å². The average molecular weight is 418 g/mol. The minimum Gasteiger partial charge on any atom is -0.489 e. The molecule has 0 bridgehead atoms. The third-order valence-electron chi connectivity index (χ3n) is 4.40. The Morgan fingerprint density at radius 3 is 2.61 bits per heavy atom. The number of nitrogens with zero attached hydrogens (tertiary/aromatic N) is 2. The first-order valence-electron chi connectivity index (χ1n) is 9.23. The zero-order valence-electron chi connectivity index (χ0n) is 16.0. The molecule has 4 rings (SSSR count). The van der Waals surface area contributed by atoms with E-state index in [2.05, 4.69) is 4.99 Å². The number of halogens is 1. The molecule has 0 saturated carbocycles. The van der Waals surface area contributed by atoms with Gasteiger partial charge >= 0.3 is 5.97 Å². The zero-order valence-corrected chi connectivity index (χ0v) is 16.0. The fourth-order valence-corrected chi connectivity index (χ4v) is 2.90. The summed E-state index contributed by atoms with van der Waals surface area (Å²) in [5.41, 5.74) is 1.91. The van der Waals surface area contributed by atoms with Gasteiger partial charge in [0.05, 0.1) is 4.92 Å². The highest BCUT2D eigenvalue weighted by Gasteiger charge is 2.24. The van der Waals surface area contributed by atoms with Crippen molar-refractivity contribution in [3.8, 4) is 5.75 Å². The van der Waals surface area contributed by atoms with E-state index in [1.54, 1.807) is 42.5 Å². The van der Waals surface area contributed by atoms with Gasteiger partial charge in [-0.1, -0.05) is 24.3 Å². The Hall–Kier alpha value is -4.33. The van der Waals surface area contributed by atoms with E-state index < -0.39 is 16.7 Å². The van der Waals surface area contributed by atoms with E-state index in [0.717, 1.165) is 0 Å². The third kappa shape index (κ3) is 4.81. The van der Waals surface area contributed by atoms with Gasteiger partial charge in [0.2, 0.25) is 5.90 Å². The number of nitro groups is 1. The molecular formula is C23H15FN2O5. The number of carbonyl (C=O) groups is 1. The van der Waals surface area contributed by atoms with Crippen molar-refractivity contribution < 1.29 is 23.6 Å². The van der Waals surface area contributed by atoms with Crippen LogP contribution in [0, 0.1) is 15.9 Å². The fraction of sp³-hybridized carbons (Fsp3) is 0.0435. The molecule has 0 unspecified atom stereocenters. The number of aliphatic imine (C=N–C) groups is 1. The summed E-state index contributed by atoms with van der Waals surface area (Å²) in [5, 5.41) is 10.9. The number of hydrogen-bond acceptors (Lipinski definition) is 6. The summed E-state index contributed by atoms with van der Waals surface area (Å²) in [6.45, 7) is 0.149. The summed E-state index contributed by atoms with van der Waals surface area (Å²) < 4.78 is 24.0. The monoisotopic (exact) mass is 418 g/mol. The molecule has 0 N–H and O–H groups in total. The lowest BCUT2D eigenvalue weighted by Gasteiger charge is -2.07. The lowest BCUT2D eigenvalue weighted by molar-refractivity contribution is -0.384. The molecule has 0 atom stereocenters. The molecule has 0 aliphatic carbocycles. The van der Waals surface area contributed by atoms with Gasteiger partial charge < -0.3 is 9.47 Å². The van der Waals surface area contributed by atoms with Crippen LogP contribution in [0.2, 0.25) is 0 Å². The van der Waals surface area contributed by atoms with Gasteiger partial charge in [-0.15, -0.1) is 0 Å². The molecule has 154 valence electrons. The van der Waals surface area contributed by atoms with Gasteiger partial charge in [-0.2, -0.15) is 0 Å². The molecule has 1 aliphatic rings. The van der Waals surface area contributed by atoms with Crippen LogP contribution in [0.15, 0.2) is 83.5 Å². The predicted octanol–water partition coefficient (Wildman–Crippen LogP) is 4.66. The van der Waals surface area contributed by atoms with Crippen molar-refractivity contribution in [3.05, 3.63) is 111 Å². The van der Waals surface area contributed by atoms with Crippen LogP contribution >= 0.6 is 0 Å². The summed E-state index contributed by atoms with van der Waals surface area (Å²) in [6.07, 6.45) is 1.55. The second-order valence-corrected chi connectivity index (χ2v) is 6.63.